The molecule has 0 aliphatic carbocycles. The Balaban J connectivity index is 3.63. The first kappa shape index (κ1) is 10.2. The van der Waals surface area contributed by atoms with Crippen LogP contribution in [0.1, 0.15) is 27.2 Å². The van der Waals surface area contributed by atoms with E-state index >= 15 is 0 Å². The van der Waals surface area contributed by atoms with Gasteiger partial charge in [0.2, 0.25) is 0 Å². The van der Waals surface area contributed by atoms with Crippen molar-refractivity contribution >= 4 is 11.6 Å². The summed E-state index contributed by atoms with van der Waals surface area (Å²) in [5.74, 6) is 5.47. The lowest BCUT2D eigenvalue weighted by Crippen LogP contribution is -2.25. The molecule has 0 aromatic carbocycles. The molecule has 3 heteroatoms. The molecule has 0 aromatic rings. The molecule has 0 aliphatic rings. The molecular weight excluding hydrogens is 150 g/mol. The monoisotopic (exact) mass is 165 g/mol. The van der Waals surface area contributed by atoms with Crippen molar-refractivity contribution in [1.82, 2.24) is 0 Å². The van der Waals surface area contributed by atoms with E-state index in [1.807, 2.05) is 0 Å². The molecule has 10 heavy (non-hydrogen) atoms. The van der Waals surface area contributed by atoms with Gasteiger partial charge in [-0.25, -0.2) is 5.90 Å². The molecule has 0 amide bonds. The Morgan fingerprint density at radius 3 is 2.10 bits per heavy atom. The van der Waals surface area contributed by atoms with Crippen LogP contribution in [0.2, 0.25) is 0 Å². The normalized spacial score (nSPS) is 15.3. The summed E-state index contributed by atoms with van der Waals surface area (Å²) in [5.41, 5.74) is 0.235. The van der Waals surface area contributed by atoms with Gasteiger partial charge < -0.3 is 4.84 Å². The molecule has 0 saturated heterocycles. The zero-order valence-corrected chi connectivity index (χ0v) is 7.61. The third-order valence-electron chi connectivity index (χ3n) is 1.20. The molecule has 2 N–H and O–H groups in total. The van der Waals surface area contributed by atoms with E-state index in [-0.39, 0.29) is 11.5 Å². The van der Waals surface area contributed by atoms with E-state index in [2.05, 4.69) is 25.6 Å². The minimum atomic E-state index is -0.0123. The highest BCUT2D eigenvalue weighted by Gasteiger charge is 2.17. The van der Waals surface area contributed by atoms with Crippen LogP contribution in [0.15, 0.2) is 0 Å². The van der Waals surface area contributed by atoms with E-state index in [1.165, 1.54) is 0 Å². The molecule has 0 radical (unpaired) electrons. The molecule has 0 bridgehead atoms. The highest BCUT2D eigenvalue weighted by molar-refractivity contribution is 6.18. The summed E-state index contributed by atoms with van der Waals surface area (Å²) in [6.07, 6.45) is 0.883. The zero-order chi connectivity index (χ0) is 8.20. The average molecular weight is 166 g/mol. The van der Waals surface area contributed by atoms with E-state index in [9.17, 15) is 0 Å². The largest absolute Gasteiger partial charge is 0.300 e. The smallest absolute Gasteiger partial charge is 0.0927 e. The van der Waals surface area contributed by atoms with Crippen LogP contribution in [-0.4, -0.2) is 12.0 Å². The third-order valence-corrected chi connectivity index (χ3v) is 1.55. The quantitative estimate of drug-likeness (QED) is 0.512. The number of hydrogen-bond acceptors (Lipinski definition) is 2. The van der Waals surface area contributed by atoms with Crippen LogP contribution in [0, 0.1) is 5.41 Å². The fourth-order valence-corrected chi connectivity index (χ4v) is 1.00. The lowest BCUT2D eigenvalue weighted by Gasteiger charge is -2.22. The summed E-state index contributed by atoms with van der Waals surface area (Å²) >= 11 is 5.57. The molecule has 0 fully saturated rings. The molecule has 0 spiro atoms. The molecule has 0 aliphatic heterocycles. The van der Waals surface area contributed by atoms with Crippen molar-refractivity contribution in [2.45, 2.75) is 33.3 Å². The maximum atomic E-state index is 5.57. The van der Waals surface area contributed by atoms with Crippen LogP contribution in [0.4, 0.5) is 0 Å². The molecule has 0 saturated carbocycles. The predicted octanol–water partition coefficient (Wildman–Crippen LogP) is 1.92. The van der Waals surface area contributed by atoms with Crippen LogP contribution in [0.25, 0.3) is 0 Å². The van der Waals surface area contributed by atoms with E-state index in [0.717, 1.165) is 6.42 Å². The number of rotatable bonds is 3. The first-order valence-electron chi connectivity index (χ1n) is 3.41. The molecule has 0 rings (SSSR count). The zero-order valence-electron chi connectivity index (χ0n) is 6.86. The van der Waals surface area contributed by atoms with Gasteiger partial charge in [-0.2, -0.15) is 0 Å². The fraction of sp³-hybridized carbons (Fsp3) is 1.00. The molecule has 62 valence electrons. The van der Waals surface area contributed by atoms with Gasteiger partial charge >= 0.3 is 0 Å². The number of hydrogen-bond donors (Lipinski definition) is 1. The number of alkyl halides is 1. The SMILES string of the molecule is CC(C)(C)CC(CCl)ON. The molecule has 0 aromatic heterocycles. The summed E-state index contributed by atoms with van der Waals surface area (Å²) in [7, 11) is 0. The second-order valence-corrected chi connectivity index (χ2v) is 3.99. The average Bonchev–Trinajstić information content (AvgIpc) is 1.81. The van der Waals surface area contributed by atoms with Crippen LogP contribution in [-0.2, 0) is 4.84 Å². The Morgan fingerprint density at radius 2 is 2.00 bits per heavy atom. The van der Waals surface area contributed by atoms with Crippen molar-refractivity contribution in [2.24, 2.45) is 11.3 Å². The first-order chi connectivity index (χ1) is 4.49. The molecule has 1 unspecified atom stereocenters. The standard InChI is InChI=1S/C7H16ClNO/c1-7(2,3)4-6(5-8)10-9/h6H,4-5,9H2,1-3H3. The van der Waals surface area contributed by atoms with E-state index in [4.69, 9.17) is 17.5 Å². The van der Waals surface area contributed by atoms with Crippen molar-refractivity contribution in [3.63, 3.8) is 0 Å². The van der Waals surface area contributed by atoms with Crippen molar-refractivity contribution in [3.05, 3.63) is 0 Å². The lowest BCUT2D eigenvalue weighted by molar-refractivity contribution is 0.0402. The minimum absolute atomic E-state index is 0.0123. The molecule has 0 heterocycles. The van der Waals surface area contributed by atoms with Gasteiger partial charge in [-0.1, -0.05) is 20.8 Å². The van der Waals surface area contributed by atoms with Gasteiger partial charge in [0.1, 0.15) is 0 Å². The second kappa shape index (κ2) is 4.16. The highest BCUT2D eigenvalue weighted by atomic mass is 35.5. The number of halogens is 1. The molecule has 2 nitrogen and oxygen atoms in total. The van der Waals surface area contributed by atoms with Crippen molar-refractivity contribution in [2.75, 3.05) is 5.88 Å². The topological polar surface area (TPSA) is 35.2 Å². The van der Waals surface area contributed by atoms with Gasteiger partial charge in [0, 0.05) is 0 Å². The third kappa shape index (κ3) is 5.03. The van der Waals surface area contributed by atoms with E-state index < -0.39 is 0 Å². The second-order valence-electron chi connectivity index (χ2n) is 3.68. The van der Waals surface area contributed by atoms with E-state index in [0.29, 0.717) is 5.88 Å². The summed E-state index contributed by atoms with van der Waals surface area (Å²) in [6.45, 7) is 6.39. The summed E-state index contributed by atoms with van der Waals surface area (Å²) in [5, 5.41) is 0. The Kier molecular flexibility index (Phi) is 4.25. The van der Waals surface area contributed by atoms with Gasteiger partial charge in [0.15, 0.2) is 0 Å². The number of nitrogens with two attached hydrogens (primary N) is 1. The van der Waals surface area contributed by atoms with Gasteiger partial charge in [-0.05, 0) is 11.8 Å². The Morgan fingerprint density at radius 1 is 1.50 bits per heavy atom. The van der Waals surface area contributed by atoms with E-state index in [1.54, 1.807) is 0 Å². The molecule has 1 atom stereocenters. The summed E-state index contributed by atoms with van der Waals surface area (Å²) < 4.78 is 0. The van der Waals surface area contributed by atoms with Crippen LogP contribution in [0.3, 0.4) is 0 Å². The summed E-state index contributed by atoms with van der Waals surface area (Å²) in [6, 6.07) is 0. The predicted molar refractivity (Wildman–Crippen MR) is 43.9 cm³/mol. The Bertz CT molecular complexity index is 86.1. The Hall–Kier alpha value is 0.210. The summed E-state index contributed by atoms with van der Waals surface area (Å²) in [4.78, 5) is 4.64. The van der Waals surface area contributed by atoms with Crippen LogP contribution < -0.4 is 5.90 Å². The van der Waals surface area contributed by atoms with Gasteiger partial charge in [0.05, 0.1) is 12.0 Å². The van der Waals surface area contributed by atoms with Crippen LogP contribution >= 0.6 is 11.6 Å². The van der Waals surface area contributed by atoms with Crippen molar-refractivity contribution in [1.29, 1.82) is 0 Å². The van der Waals surface area contributed by atoms with Gasteiger partial charge in [-0.3, -0.25) is 0 Å². The van der Waals surface area contributed by atoms with Crippen LogP contribution in [0.5, 0.6) is 0 Å². The Labute approximate surface area is 67.6 Å². The van der Waals surface area contributed by atoms with Gasteiger partial charge in [-0.15, -0.1) is 11.6 Å². The maximum absolute atomic E-state index is 5.57. The minimum Gasteiger partial charge on any atom is -0.300 e. The van der Waals surface area contributed by atoms with Crippen molar-refractivity contribution in [3.8, 4) is 0 Å². The van der Waals surface area contributed by atoms with Gasteiger partial charge in [0.25, 0.3) is 0 Å². The fourth-order valence-electron chi connectivity index (χ4n) is 0.822. The first-order valence-corrected chi connectivity index (χ1v) is 3.94. The maximum Gasteiger partial charge on any atom is 0.0927 e. The molecular formula is C7H16ClNO. The highest BCUT2D eigenvalue weighted by Crippen LogP contribution is 2.21. The lowest BCUT2D eigenvalue weighted by atomic mass is 9.90. The van der Waals surface area contributed by atoms with Crippen molar-refractivity contribution < 1.29 is 4.84 Å².